The highest BCUT2D eigenvalue weighted by atomic mass is 16.3. The Morgan fingerprint density at radius 2 is 1.50 bits per heavy atom. The van der Waals surface area contributed by atoms with E-state index in [0.29, 0.717) is 11.8 Å². The normalized spacial score (nSPS) is 31.0. The summed E-state index contributed by atoms with van der Waals surface area (Å²) in [4.78, 5) is 2.59. The van der Waals surface area contributed by atoms with E-state index in [-0.39, 0.29) is 11.8 Å². The fourth-order valence-corrected chi connectivity index (χ4v) is 2.83. The van der Waals surface area contributed by atoms with Crippen LogP contribution in [0, 0.1) is 0 Å². The van der Waals surface area contributed by atoms with Gasteiger partial charge in [0, 0.05) is 11.1 Å². The van der Waals surface area contributed by atoms with Gasteiger partial charge < -0.3 is 10.2 Å². The number of aromatic hydroxyl groups is 2. The van der Waals surface area contributed by atoms with Crippen LogP contribution in [0.25, 0.3) is 0 Å². The molecule has 3 heteroatoms. The van der Waals surface area contributed by atoms with E-state index in [0.717, 1.165) is 17.5 Å². The van der Waals surface area contributed by atoms with E-state index < -0.39 is 0 Å². The average molecular weight is 165 g/mol. The van der Waals surface area contributed by atoms with Gasteiger partial charge in [0.15, 0.2) is 11.8 Å². The summed E-state index contributed by atoms with van der Waals surface area (Å²) in [6, 6.07) is 0. The summed E-state index contributed by atoms with van der Waals surface area (Å²) in [6.07, 6.45) is 3.46. The first-order valence-electron chi connectivity index (χ1n) is 4.41. The minimum Gasteiger partial charge on any atom is -0.494 e. The summed E-state index contributed by atoms with van der Waals surface area (Å²) in [5.74, 6) is 1.38. The van der Waals surface area contributed by atoms with Crippen molar-refractivity contribution >= 4 is 0 Å². The van der Waals surface area contributed by atoms with Crippen LogP contribution in [0.15, 0.2) is 0 Å². The molecule has 0 amide bonds. The number of H-pyrrole nitrogens is 1. The van der Waals surface area contributed by atoms with Crippen molar-refractivity contribution in [2.24, 2.45) is 0 Å². The van der Waals surface area contributed by atoms with Crippen molar-refractivity contribution in [2.75, 3.05) is 0 Å². The quantitative estimate of drug-likeness (QED) is 0.549. The molecule has 0 unspecified atom stereocenters. The van der Waals surface area contributed by atoms with Gasteiger partial charge in [-0.3, -0.25) is 4.98 Å². The number of aromatic amines is 1. The van der Waals surface area contributed by atoms with Gasteiger partial charge in [-0.25, -0.2) is 0 Å². The molecule has 2 atom stereocenters. The lowest BCUT2D eigenvalue weighted by Gasteiger charge is -2.09. The van der Waals surface area contributed by atoms with Crippen molar-refractivity contribution in [3.05, 3.63) is 11.1 Å². The highest BCUT2D eigenvalue weighted by Crippen LogP contribution is 2.58. The molecule has 3 rings (SSSR count). The van der Waals surface area contributed by atoms with Crippen LogP contribution in [0.1, 0.15) is 42.2 Å². The Kier molecular flexibility index (Phi) is 0.953. The van der Waals surface area contributed by atoms with Gasteiger partial charge in [0.25, 0.3) is 0 Å². The van der Waals surface area contributed by atoms with Crippen LogP contribution in [0.5, 0.6) is 11.8 Å². The van der Waals surface area contributed by atoms with Crippen molar-refractivity contribution < 1.29 is 10.2 Å². The largest absolute Gasteiger partial charge is 0.494 e. The molecule has 0 radical (unpaired) electrons. The van der Waals surface area contributed by atoms with Gasteiger partial charge in [0.2, 0.25) is 0 Å². The molecule has 3 nitrogen and oxygen atoms in total. The molecule has 1 saturated carbocycles. The Balaban J connectivity index is 2.28. The second-order valence-electron chi connectivity index (χ2n) is 3.86. The molecule has 2 aliphatic rings. The lowest BCUT2D eigenvalue weighted by atomic mass is 9.95. The molecule has 2 bridgehead atoms. The standard InChI is InChI=1S/C9H11NO2/c11-8-6-4-1-2-5(3-4)7(6)9(12)10-8/h4-5,10-12H,1-3H2/t4-,5+. The molecule has 64 valence electrons. The zero-order valence-corrected chi connectivity index (χ0v) is 6.67. The van der Waals surface area contributed by atoms with Gasteiger partial charge in [-0.15, -0.1) is 0 Å². The Hall–Kier alpha value is -1.12. The molecular formula is C9H11NO2. The van der Waals surface area contributed by atoms with E-state index in [1.54, 1.807) is 0 Å². The number of hydrogen-bond donors (Lipinski definition) is 3. The molecule has 1 heterocycles. The van der Waals surface area contributed by atoms with Crippen molar-refractivity contribution in [2.45, 2.75) is 31.1 Å². The summed E-state index contributed by atoms with van der Waals surface area (Å²) >= 11 is 0. The number of aromatic nitrogens is 1. The zero-order valence-electron chi connectivity index (χ0n) is 6.67. The van der Waals surface area contributed by atoms with Crippen LogP contribution >= 0.6 is 0 Å². The Bertz CT molecular complexity index is 312. The Morgan fingerprint density at radius 1 is 1.00 bits per heavy atom. The second-order valence-corrected chi connectivity index (χ2v) is 3.86. The molecule has 12 heavy (non-hydrogen) atoms. The third-order valence-electron chi connectivity index (χ3n) is 3.29. The molecule has 0 aromatic carbocycles. The Morgan fingerprint density at radius 3 is 2.00 bits per heavy atom. The van der Waals surface area contributed by atoms with E-state index in [1.165, 1.54) is 12.8 Å². The van der Waals surface area contributed by atoms with Crippen LogP contribution in [0.3, 0.4) is 0 Å². The Labute approximate surface area is 70.0 Å². The van der Waals surface area contributed by atoms with E-state index in [9.17, 15) is 10.2 Å². The average Bonchev–Trinajstić information content (AvgIpc) is 2.64. The van der Waals surface area contributed by atoms with E-state index in [1.807, 2.05) is 0 Å². The SMILES string of the molecule is Oc1[nH]c(O)c2c1[C@@H]1CC[C@H]2C1. The second kappa shape index (κ2) is 1.79. The molecule has 1 aromatic rings. The van der Waals surface area contributed by atoms with Crippen molar-refractivity contribution in [1.82, 2.24) is 4.98 Å². The zero-order chi connectivity index (χ0) is 8.29. The van der Waals surface area contributed by atoms with Gasteiger partial charge in [-0.05, 0) is 31.1 Å². The molecule has 0 aliphatic heterocycles. The van der Waals surface area contributed by atoms with Crippen LogP contribution in [0.2, 0.25) is 0 Å². The molecule has 1 aromatic heterocycles. The highest BCUT2D eigenvalue weighted by molar-refractivity contribution is 5.53. The van der Waals surface area contributed by atoms with Crippen LogP contribution in [0.4, 0.5) is 0 Å². The molecular weight excluding hydrogens is 154 g/mol. The first kappa shape index (κ1) is 6.40. The summed E-state index contributed by atoms with van der Waals surface area (Å²) in [7, 11) is 0. The molecule has 0 spiro atoms. The van der Waals surface area contributed by atoms with E-state index in [4.69, 9.17) is 0 Å². The van der Waals surface area contributed by atoms with Crippen LogP contribution in [-0.4, -0.2) is 15.2 Å². The monoisotopic (exact) mass is 165 g/mol. The fourth-order valence-electron chi connectivity index (χ4n) is 2.83. The summed E-state index contributed by atoms with van der Waals surface area (Å²) < 4.78 is 0. The summed E-state index contributed by atoms with van der Waals surface area (Å²) in [6.45, 7) is 0. The van der Waals surface area contributed by atoms with Gasteiger partial charge in [0.1, 0.15) is 0 Å². The smallest absolute Gasteiger partial charge is 0.195 e. The lowest BCUT2D eigenvalue weighted by Crippen LogP contribution is -1.93. The number of nitrogens with one attached hydrogen (secondary N) is 1. The van der Waals surface area contributed by atoms with Crippen LogP contribution in [-0.2, 0) is 0 Å². The van der Waals surface area contributed by atoms with Gasteiger partial charge in [-0.1, -0.05) is 0 Å². The number of fused-ring (bicyclic) bond motifs is 5. The van der Waals surface area contributed by atoms with Crippen molar-refractivity contribution in [1.29, 1.82) is 0 Å². The van der Waals surface area contributed by atoms with E-state index in [2.05, 4.69) is 4.98 Å². The summed E-state index contributed by atoms with van der Waals surface area (Å²) in [5.41, 5.74) is 1.98. The third kappa shape index (κ3) is 0.543. The number of hydrogen-bond acceptors (Lipinski definition) is 2. The molecule has 0 saturated heterocycles. The first-order chi connectivity index (χ1) is 5.77. The van der Waals surface area contributed by atoms with Gasteiger partial charge >= 0.3 is 0 Å². The van der Waals surface area contributed by atoms with Crippen molar-refractivity contribution in [3.63, 3.8) is 0 Å². The topological polar surface area (TPSA) is 56.2 Å². The third-order valence-corrected chi connectivity index (χ3v) is 3.29. The maximum absolute atomic E-state index is 9.46. The van der Waals surface area contributed by atoms with Gasteiger partial charge in [-0.2, -0.15) is 0 Å². The molecule has 2 aliphatic carbocycles. The maximum Gasteiger partial charge on any atom is 0.195 e. The lowest BCUT2D eigenvalue weighted by molar-refractivity contribution is 0.417. The first-order valence-corrected chi connectivity index (χ1v) is 4.41. The predicted octanol–water partition coefficient (Wildman–Crippen LogP) is 1.79. The van der Waals surface area contributed by atoms with Crippen molar-refractivity contribution in [3.8, 4) is 11.8 Å². The maximum atomic E-state index is 9.46. The minimum atomic E-state index is 0.190. The predicted molar refractivity (Wildman–Crippen MR) is 43.5 cm³/mol. The van der Waals surface area contributed by atoms with Crippen LogP contribution < -0.4 is 0 Å². The minimum absolute atomic E-state index is 0.190. The molecule has 1 fully saturated rings. The molecule has 3 N–H and O–H groups in total. The van der Waals surface area contributed by atoms with Gasteiger partial charge in [0.05, 0.1) is 0 Å². The number of rotatable bonds is 0. The summed E-state index contributed by atoms with van der Waals surface area (Å²) in [5, 5.41) is 18.9. The van der Waals surface area contributed by atoms with E-state index >= 15 is 0 Å². The highest BCUT2D eigenvalue weighted by Gasteiger charge is 2.42. The fraction of sp³-hybridized carbons (Fsp3) is 0.556.